The number of carboxylic acid groups (broad SMARTS) is 1. The van der Waals surface area contributed by atoms with Gasteiger partial charge in [0.05, 0.1) is 0 Å². The highest BCUT2D eigenvalue weighted by atomic mass is 32.2. The Morgan fingerprint density at radius 2 is 1.17 bits per heavy atom. The highest BCUT2D eigenvalue weighted by Crippen LogP contribution is 2.33. The fraction of sp³-hybridized carbons (Fsp3) is 0.577. The summed E-state index contributed by atoms with van der Waals surface area (Å²) in [5, 5.41) is 9.43. The van der Waals surface area contributed by atoms with Crippen molar-refractivity contribution in [1.29, 1.82) is 0 Å². The van der Waals surface area contributed by atoms with E-state index in [4.69, 9.17) is 0 Å². The van der Waals surface area contributed by atoms with Crippen molar-refractivity contribution in [2.45, 2.75) is 89.7 Å². The van der Waals surface area contributed by atoms with Crippen LogP contribution in [-0.4, -0.2) is 21.6 Å². The van der Waals surface area contributed by atoms with Gasteiger partial charge in [-0.05, 0) is 70.0 Å². The van der Waals surface area contributed by atoms with Gasteiger partial charge in [0.25, 0.3) is 0 Å². The van der Waals surface area contributed by atoms with Gasteiger partial charge in [-0.15, -0.1) is 11.8 Å². The Kier molecular flexibility index (Phi) is 18.8. The monoisotopic (exact) mass is 418 g/mol. The van der Waals surface area contributed by atoms with E-state index >= 15 is 0 Å². The number of hydrogen-bond acceptors (Lipinski definition) is 2. The molecule has 0 aromatic rings. The summed E-state index contributed by atoms with van der Waals surface area (Å²) < 4.78 is -0.586. The fourth-order valence-electron chi connectivity index (χ4n) is 2.82. The van der Waals surface area contributed by atoms with Crippen LogP contribution in [0.1, 0.15) is 85.0 Å². The molecule has 0 atom stereocenters. The Balaban J connectivity index is 3.68. The van der Waals surface area contributed by atoms with E-state index in [-0.39, 0.29) is 0 Å². The molecule has 0 spiro atoms. The molecule has 0 heterocycles. The average molecular weight is 419 g/mol. The van der Waals surface area contributed by atoms with Gasteiger partial charge < -0.3 is 5.11 Å². The number of rotatable bonds is 18. The second-order valence-corrected chi connectivity index (χ2v) is 8.54. The van der Waals surface area contributed by atoms with Crippen LogP contribution in [-0.2, 0) is 4.79 Å². The standard InChI is InChI=1S/C26H42O2S/c1-4-7-8-9-10-11-12-13-14-15-16-17-18-19-20-21-22-23-24-29-26(5-2,6-3)25(27)28/h7-8,10-11,13-14,16-17,19-20H,4-6,9,12,15,18,21-24H2,1-3H3,(H,27,28). The molecule has 0 aromatic heterocycles. The third kappa shape index (κ3) is 15.1. The maximum absolute atomic E-state index is 11.5. The van der Waals surface area contributed by atoms with E-state index in [0.29, 0.717) is 12.8 Å². The topological polar surface area (TPSA) is 37.3 Å². The van der Waals surface area contributed by atoms with Gasteiger partial charge >= 0.3 is 5.97 Å². The number of aliphatic carboxylic acids is 1. The number of carbonyl (C=O) groups is 1. The van der Waals surface area contributed by atoms with Gasteiger partial charge in [-0.2, -0.15) is 0 Å². The lowest BCUT2D eigenvalue weighted by Crippen LogP contribution is -2.33. The molecule has 0 saturated heterocycles. The van der Waals surface area contributed by atoms with Crippen LogP contribution in [0.5, 0.6) is 0 Å². The SMILES string of the molecule is CCC=CCC=CCC=CCC=CCC=CCCCCSC(CC)(CC)C(=O)O. The summed E-state index contributed by atoms with van der Waals surface area (Å²) in [5.41, 5.74) is 0. The molecule has 164 valence electrons. The van der Waals surface area contributed by atoms with Crippen molar-refractivity contribution in [1.82, 2.24) is 0 Å². The first-order chi connectivity index (χ1) is 14.1. The van der Waals surface area contributed by atoms with Gasteiger partial charge in [0, 0.05) is 0 Å². The zero-order valence-corrected chi connectivity index (χ0v) is 19.6. The molecule has 0 aliphatic heterocycles. The lowest BCUT2D eigenvalue weighted by atomic mass is 10.0. The first kappa shape index (κ1) is 27.5. The average Bonchev–Trinajstić information content (AvgIpc) is 2.72. The number of hydrogen-bond donors (Lipinski definition) is 1. The zero-order valence-electron chi connectivity index (χ0n) is 18.8. The first-order valence-electron chi connectivity index (χ1n) is 11.2. The van der Waals surface area contributed by atoms with Crippen molar-refractivity contribution in [3.63, 3.8) is 0 Å². The number of allylic oxidation sites excluding steroid dienone is 10. The Bertz CT molecular complexity index is 537. The summed E-state index contributed by atoms with van der Waals surface area (Å²) >= 11 is 1.62. The predicted molar refractivity (Wildman–Crippen MR) is 132 cm³/mol. The molecule has 0 aliphatic carbocycles. The van der Waals surface area contributed by atoms with Gasteiger partial charge in [-0.25, -0.2) is 0 Å². The summed E-state index contributed by atoms with van der Waals surface area (Å²) in [6.07, 6.45) is 32.0. The summed E-state index contributed by atoms with van der Waals surface area (Å²) in [7, 11) is 0. The predicted octanol–water partition coefficient (Wildman–Crippen LogP) is 8.28. The van der Waals surface area contributed by atoms with E-state index in [1.807, 2.05) is 13.8 Å². The highest BCUT2D eigenvalue weighted by molar-refractivity contribution is 8.01. The minimum absolute atomic E-state index is 0.586. The summed E-state index contributed by atoms with van der Waals surface area (Å²) in [6, 6.07) is 0. The zero-order chi connectivity index (χ0) is 21.6. The van der Waals surface area contributed by atoms with Gasteiger partial charge in [-0.3, -0.25) is 4.79 Å². The molecule has 3 heteroatoms. The van der Waals surface area contributed by atoms with E-state index in [2.05, 4.69) is 67.7 Å². The largest absolute Gasteiger partial charge is 0.480 e. The van der Waals surface area contributed by atoms with Crippen molar-refractivity contribution in [3.8, 4) is 0 Å². The lowest BCUT2D eigenvalue weighted by Gasteiger charge is -2.25. The molecule has 0 amide bonds. The van der Waals surface area contributed by atoms with Crippen LogP contribution in [0.4, 0.5) is 0 Å². The van der Waals surface area contributed by atoms with Crippen LogP contribution in [0.25, 0.3) is 0 Å². The normalized spacial score (nSPS) is 13.2. The third-order valence-corrected chi connectivity index (χ3v) is 6.63. The van der Waals surface area contributed by atoms with Crippen LogP contribution in [0.3, 0.4) is 0 Å². The van der Waals surface area contributed by atoms with Gasteiger partial charge in [-0.1, -0.05) is 81.5 Å². The molecule has 1 N–H and O–H groups in total. The molecule has 0 aromatic carbocycles. The molecule has 0 fully saturated rings. The van der Waals surface area contributed by atoms with Gasteiger partial charge in [0.15, 0.2) is 0 Å². The van der Waals surface area contributed by atoms with E-state index in [1.54, 1.807) is 11.8 Å². The molecule has 0 saturated carbocycles. The summed E-state index contributed by atoms with van der Waals surface area (Å²) in [4.78, 5) is 11.5. The number of unbranched alkanes of at least 4 members (excludes halogenated alkanes) is 2. The Morgan fingerprint density at radius 3 is 1.59 bits per heavy atom. The molecule has 2 nitrogen and oxygen atoms in total. The van der Waals surface area contributed by atoms with Crippen molar-refractivity contribution >= 4 is 17.7 Å². The molecule has 0 unspecified atom stereocenters. The second-order valence-electron chi connectivity index (χ2n) is 7.06. The molecule has 0 radical (unpaired) electrons. The second kappa shape index (κ2) is 19.8. The smallest absolute Gasteiger partial charge is 0.319 e. The first-order valence-corrected chi connectivity index (χ1v) is 12.2. The van der Waals surface area contributed by atoms with Crippen molar-refractivity contribution < 1.29 is 9.90 Å². The third-order valence-electron chi connectivity index (χ3n) is 4.83. The van der Waals surface area contributed by atoms with E-state index in [9.17, 15) is 9.90 Å². The maximum atomic E-state index is 11.5. The Labute approximate surface area is 183 Å². The maximum Gasteiger partial charge on any atom is 0.319 e. The Morgan fingerprint density at radius 1 is 0.724 bits per heavy atom. The molecule has 0 rings (SSSR count). The van der Waals surface area contributed by atoms with Crippen LogP contribution < -0.4 is 0 Å². The van der Waals surface area contributed by atoms with E-state index in [0.717, 1.165) is 57.1 Å². The summed E-state index contributed by atoms with van der Waals surface area (Å²) in [6.45, 7) is 6.10. The Hall–Kier alpha value is -1.48. The molecular weight excluding hydrogens is 376 g/mol. The van der Waals surface area contributed by atoms with Crippen LogP contribution in [0.2, 0.25) is 0 Å². The fourth-order valence-corrected chi connectivity index (χ4v) is 4.09. The number of thioether (sulfide) groups is 1. The van der Waals surface area contributed by atoms with E-state index in [1.165, 1.54) is 0 Å². The van der Waals surface area contributed by atoms with Crippen LogP contribution >= 0.6 is 11.8 Å². The van der Waals surface area contributed by atoms with Crippen LogP contribution in [0.15, 0.2) is 60.8 Å². The molecule has 29 heavy (non-hydrogen) atoms. The summed E-state index contributed by atoms with van der Waals surface area (Å²) in [5.74, 6) is 0.268. The van der Waals surface area contributed by atoms with Crippen molar-refractivity contribution in [3.05, 3.63) is 60.8 Å². The van der Waals surface area contributed by atoms with Gasteiger partial charge in [0.1, 0.15) is 4.75 Å². The minimum Gasteiger partial charge on any atom is -0.480 e. The number of carboxylic acids is 1. The quantitative estimate of drug-likeness (QED) is 0.180. The minimum atomic E-state index is -0.662. The lowest BCUT2D eigenvalue weighted by molar-refractivity contribution is -0.140. The highest BCUT2D eigenvalue weighted by Gasteiger charge is 2.34. The van der Waals surface area contributed by atoms with Gasteiger partial charge in [0.2, 0.25) is 0 Å². The van der Waals surface area contributed by atoms with Crippen LogP contribution in [0, 0.1) is 0 Å². The van der Waals surface area contributed by atoms with E-state index < -0.39 is 10.7 Å². The van der Waals surface area contributed by atoms with Crippen molar-refractivity contribution in [2.24, 2.45) is 0 Å². The molecule has 0 bridgehead atoms. The van der Waals surface area contributed by atoms with Crippen molar-refractivity contribution in [2.75, 3.05) is 5.75 Å². The molecule has 0 aliphatic rings. The molecular formula is C26H42O2S.